The average molecular weight is 550 g/mol. The van der Waals surface area contributed by atoms with Gasteiger partial charge in [-0.05, 0) is 48.7 Å². The van der Waals surface area contributed by atoms with Crippen LogP contribution in [0.3, 0.4) is 0 Å². The number of carboxylic acids is 1. The SMILES string of the molecule is CCCCN(C(=O)CN1C[C@H](c2cc(OC)c3c(c2)OCO3)C(C(=O)O)[C@@H]1CCn1cccn1)c1cccnc1. The van der Waals surface area contributed by atoms with E-state index in [0.717, 1.165) is 24.1 Å². The van der Waals surface area contributed by atoms with Crippen LogP contribution in [-0.2, 0) is 16.1 Å². The quantitative estimate of drug-likeness (QED) is 0.362. The Morgan fingerprint density at radius 3 is 2.80 bits per heavy atom. The third kappa shape index (κ3) is 5.74. The smallest absolute Gasteiger partial charge is 0.308 e. The number of hydrogen-bond acceptors (Lipinski definition) is 8. The van der Waals surface area contributed by atoms with Crippen LogP contribution < -0.4 is 19.1 Å². The maximum atomic E-state index is 13.8. The first kappa shape index (κ1) is 27.4. The molecular weight excluding hydrogens is 514 g/mol. The van der Waals surface area contributed by atoms with Gasteiger partial charge >= 0.3 is 5.97 Å². The Kier molecular flexibility index (Phi) is 8.49. The molecule has 1 aromatic carbocycles. The lowest BCUT2D eigenvalue weighted by atomic mass is 9.84. The van der Waals surface area contributed by atoms with Crippen LogP contribution in [0.15, 0.2) is 55.1 Å². The van der Waals surface area contributed by atoms with Crippen molar-refractivity contribution >= 4 is 17.6 Å². The number of anilines is 1. The van der Waals surface area contributed by atoms with Crippen molar-refractivity contribution in [2.45, 2.75) is 44.7 Å². The highest BCUT2D eigenvalue weighted by Crippen LogP contribution is 2.47. The van der Waals surface area contributed by atoms with Gasteiger partial charge < -0.3 is 24.2 Å². The normalized spacial score (nSPS) is 20.0. The summed E-state index contributed by atoms with van der Waals surface area (Å²) in [4.78, 5) is 34.6. The number of benzene rings is 1. The largest absolute Gasteiger partial charge is 0.493 e. The molecule has 3 aromatic rings. The van der Waals surface area contributed by atoms with E-state index in [4.69, 9.17) is 14.2 Å². The van der Waals surface area contributed by atoms with Gasteiger partial charge in [-0.1, -0.05) is 13.3 Å². The molecular formula is C29H35N5O6. The molecule has 1 amide bonds. The first-order valence-corrected chi connectivity index (χ1v) is 13.6. The fourth-order valence-corrected chi connectivity index (χ4v) is 5.74. The van der Waals surface area contributed by atoms with Crippen LogP contribution in [-0.4, -0.2) is 76.2 Å². The molecule has 212 valence electrons. The number of carbonyl (C=O) groups is 2. The van der Waals surface area contributed by atoms with Gasteiger partial charge in [0.05, 0.1) is 31.5 Å². The van der Waals surface area contributed by atoms with Crippen molar-refractivity contribution in [3.8, 4) is 17.2 Å². The van der Waals surface area contributed by atoms with Gasteiger partial charge in [-0.25, -0.2) is 0 Å². The first-order chi connectivity index (χ1) is 19.5. The van der Waals surface area contributed by atoms with Crippen LogP contribution in [0.2, 0.25) is 0 Å². The number of aromatic nitrogens is 3. The van der Waals surface area contributed by atoms with E-state index in [1.807, 2.05) is 41.4 Å². The van der Waals surface area contributed by atoms with Crippen molar-refractivity contribution in [1.82, 2.24) is 19.7 Å². The van der Waals surface area contributed by atoms with Crippen LogP contribution in [0.5, 0.6) is 17.2 Å². The molecule has 0 aliphatic carbocycles. The average Bonchev–Trinajstić information content (AvgIpc) is 3.72. The van der Waals surface area contributed by atoms with Crippen LogP contribution >= 0.6 is 0 Å². The van der Waals surface area contributed by atoms with Gasteiger partial charge in [0.2, 0.25) is 18.4 Å². The van der Waals surface area contributed by atoms with E-state index in [2.05, 4.69) is 17.0 Å². The van der Waals surface area contributed by atoms with Crippen LogP contribution in [0.4, 0.5) is 5.69 Å². The lowest BCUT2D eigenvalue weighted by Gasteiger charge is -2.29. The van der Waals surface area contributed by atoms with E-state index in [-0.39, 0.29) is 25.2 Å². The summed E-state index contributed by atoms with van der Waals surface area (Å²) in [5.41, 5.74) is 1.52. The number of aliphatic carboxylic acids is 1. The molecule has 0 bridgehead atoms. The van der Waals surface area contributed by atoms with Crippen LogP contribution in [0.25, 0.3) is 0 Å². The maximum Gasteiger partial charge on any atom is 0.308 e. The van der Waals surface area contributed by atoms with E-state index in [0.29, 0.717) is 43.3 Å². The van der Waals surface area contributed by atoms with Gasteiger partial charge in [0.1, 0.15) is 0 Å². The second-order valence-electron chi connectivity index (χ2n) is 10.1. The van der Waals surface area contributed by atoms with Crippen molar-refractivity contribution in [2.24, 2.45) is 5.92 Å². The third-order valence-corrected chi connectivity index (χ3v) is 7.69. The monoisotopic (exact) mass is 549 g/mol. The second-order valence-corrected chi connectivity index (χ2v) is 10.1. The molecule has 1 unspecified atom stereocenters. The molecule has 11 nitrogen and oxygen atoms in total. The van der Waals surface area contributed by atoms with E-state index in [9.17, 15) is 14.7 Å². The zero-order chi connectivity index (χ0) is 28.1. The fraction of sp³-hybridized carbons (Fsp3) is 0.448. The molecule has 1 fully saturated rings. The predicted octanol–water partition coefficient (Wildman–Crippen LogP) is 3.41. The van der Waals surface area contributed by atoms with Crippen molar-refractivity contribution < 1.29 is 28.9 Å². The number of carboxylic acid groups (broad SMARTS) is 1. The number of aryl methyl sites for hydroxylation is 1. The molecule has 11 heteroatoms. The minimum Gasteiger partial charge on any atom is -0.493 e. The summed E-state index contributed by atoms with van der Waals surface area (Å²) in [6.07, 6.45) is 9.23. The lowest BCUT2D eigenvalue weighted by Crippen LogP contribution is -2.45. The number of hydrogen-bond donors (Lipinski definition) is 1. The molecule has 5 rings (SSSR count). The standard InChI is InChI=1S/C29H35N5O6/c1-3-4-12-34(21-7-5-9-30-16-21)26(35)18-32-17-22(20-14-24(38-2)28-25(15-20)39-19-40-28)27(29(36)37)23(32)8-13-33-11-6-10-31-33/h5-7,9-11,14-16,22-23,27H,3-4,8,12-13,17-19H2,1-2H3,(H,36,37)/t22-,23+,27?/m1/s1. The Balaban J connectivity index is 1.46. The first-order valence-electron chi connectivity index (χ1n) is 13.6. The molecule has 4 heterocycles. The van der Waals surface area contributed by atoms with E-state index in [1.165, 1.54) is 0 Å². The number of pyridine rings is 1. The summed E-state index contributed by atoms with van der Waals surface area (Å²) in [6, 6.07) is 8.80. The number of rotatable bonds is 12. The minimum absolute atomic E-state index is 0.0806. The Labute approximate surface area is 233 Å². The van der Waals surface area contributed by atoms with Gasteiger partial charge in [0, 0.05) is 50.2 Å². The van der Waals surface area contributed by atoms with Crippen molar-refractivity contribution in [3.63, 3.8) is 0 Å². The number of methoxy groups -OCH3 is 1. The highest BCUT2D eigenvalue weighted by Gasteiger charge is 2.47. The fourth-order valence-electron chi connectivity index (χ4n) is 5.74. The number of likely N-dealkylation sites (tertiary alicyclic amines) is 1. The molecule has 1 saturated heterocycles. The summed E-state index contributed by atoms with van der Waals surface area (Å²) >= 11 is 0. The van der Waals surface area contributed by atoms with Crippen molar-refractivity contribution in [1.29, 1.82) is 0 Å². The zero-order valence-electron chi connectivity index (χ0n) is 22.8. The number of ether oxygens (including phenoxy) is 3. The van der Waals surface area contributed by atoms with Gasteiger partial charge in [0.15, 0.2) is 11.5 Å². The molecule has 1 N–H and O–H groups in total. The number of amides is 1. The van der Waals surface area contributed by atoms with Crippen molar-refractivity contribution in [2.75, 3.05) is 38.4 Å². The number of fused-ring (bicyclic) bond motifs is 1. The maximum absolute atomic E-state index is 13.8. The van der Waals surface area contributed by atoms with E-state index < -0.39 is 17.9 Å². The van der Waals surface area contributed by atoms with Crippen LogP contribution in [0, 0.1) is 5.92 Å². The minimum atomic E-state index is -0.905. The molecule has 2 aromatic heterocycles. The van der Waals surface area contributed by atoms with E-state index in [1.54, 1.807) is 35.3 Å². The number of unbranched alkanes of at least 4 members (excludes halogenated alkanes) is 1. The summed E-state index contributed by atoms with van der Waals surface area (Å²) in [7, 11) is 1.55. The third-order valence-electron chi connectivity index (χ3n) is 7.69. The molecule has 0 spiro atoms. The predicted molar refractivity (Wildman–Crippen MR) is 147 cm³/mol. The molecule has 40 heavy (non-hydrogen) atoms. The Bertz CT molecular complexity index is 1300. The van der Waals surface area contributed by atoms with Crippen LogP contribution in [0.1, 0.15) is 37.7 Å². The summed E-state index contributed by atoms with van der Waals surface area (Å²) in [5.74, 6) is -0.589. The highest BCUT2D eigenvalue weighted by atomic mass is 16.7. The lowest BCUT2D eigenvalue weighted by molar-refractivity contribution is -0.143. The second kappa shape index (κ2) is 12.4. The molecule has 3 atom stereocenters. The molecule has 2 aliphatic rings. The highest BCUT2D eigenvalue weighted by molar-refractivity contribution is 5.94. The number of nitrogens with zero attached hydrogens (tertiary/aromatic N) is 5. The summed E-state index contributed by atoms with van der Waals surface area (Å²) < 4.78 is 18.5. The van der Waals surface area contributed by atoms with Gasteiger partial charge in [-0.2, -0.15) is 5.10 Å². The zero-order valence-corrected chi connectivity index (χ0v) is 22.8. The Morgan fingerprint density at radius 1 is 1.23 bits per heavy atom. The Morgan fingerprint density at radius 2 is 2.10 bits per heavy atom. The molecule has 0 radical (unpaired) electrons. The van der Waals surface area contributed by atoms with E-state index >= 15 is 0 Å². The van der Waals surface area contributed by atoms with Gasteiger partial charge in [0.25, 0.3) is 0 Å². The molecule has 2 aliphatic heterocycles. The summed E-state index contributed by atoms with van der Waals surface area (Å²) in [5, 5.41) is 14.8. The topological polar surface area (TPSA) is 119 Å². The summed E-state index contributed by atoms with van der Waals surface area (Å²) in [6.45, 7) is 3.74. The van der Waals surface area contributed by atoms with Crippen molar-refractivity contribution in [3.05, 3.63) is 60.7 Å². The van der Waals surface area contributed by atoms with Gasteiger partial charge in [-0.15, -0.1) is 0 Å². The molecule has 0 saturated carbocycles. The Hall–Kier alpha value is -4.12. The van der Waals surface area contributed by atoms with Gasteiger partial charge in [-0.3, -0.25) is 24.2 Å². The number of carbonyl (C=O) groups excluding carboxylic acids is 1.